The first-order valence-corrected chi connectivity index (χ1v) is 10.1. The zero-order valence-electron chi connectivity index (χ0n) is 13.3. The molecule has 1 aromatic heterocycles. The van der Waals surface area contributed by atoms with Crippen LogP contribution in [0.4, 0.5) is 18.3 Å². The Hall–Kier alpha value is -0.950. The van der Waals surface area contributed by atoms with Crippen molar-refractivity contribution in [1.29, 1.82) is 0 Å². The predicted octanol–water partition coefficient (Wildman–Crippen LogP) is 1.62. The van der Waals surface area contributed by atoms with E-state index < -0.39 is 21.3 Å². The summed E-state index contributed by atoms with van der Waals surface area (Å²) in [5, 5.41) is 3.19. The predicted molar refractivity (Wildman–Crippen MR) is 86.6 cm³/mol. The number of nitrogens with one attached hydrogen (secondary N) is 1. The summed E-state index contributed by atoms with van der Waals surface area (Å²) in [7, 11) is -3.50. The van der Waals surface area contributed by atoms with Gasteiger partial charge in [0.25, 0.3) is 10.2 Å². The Bertz CT molecular complexity index is 681. The fraction of sp³-hybridized carbons (Fsp3) is 0.769. The van der Waals surface area contributed by atoms with Gasteiger partial charge in [0.05, 0.1) is 19.4 Å². The summed E-state index contributed by atoms with van der Waals surface area (Å²) >= 11 is 0.561. The van der Waals surface area contributed by atoms with Crippen LogP contribution in [0.5, 0.6) is 0 Å². The monoisotopic (exact) mass is 400 g/mol. The molecule has 3 heterocycles. The smallest absolute Gasteiger partial charge is 0.379 e. The molecule has 7 nitrogen and oxygen atoms in total. The summed E-state index contributed by atoms with van der Waals surface area (Å²) in [5.41, 5.74) is 0. The van der Waals surface area contributed by atoms with Gasteiger partial charge in [0, 0.05) is 32.2 Å². The average Bonchev–Trinajstić information content (AvgIpc) is 3.05. The first-order valence-electron chi connectivity index (χ1n) is 7.89. The summed E-state index contributed by atoms with van der Waals surface area (Å²) < 4.78 is 70.9. The second-order valence-electron chi connectivity index (χ2n) is 5.86. The fourth-order valence-electron chi connectivity index (χ4n) is 2.82. The number of nitrogens with zero attached hydrogens (tertiary/aromatic N) is 3. The van der Waals surface area contributed by atoms with Crippen molar-refractivity contribution in [3.8, 4) is 0 Å². The van der Waals surface area contributed by atoms with Gasteiger partial charge in [0.15, 0.2) is 5.13 Å². The molecule has 0 spiro atoms. The van der Waals surface area contributed by atoms with Gasteiger partial charge in [0.2, 0.25) is 0 Å². The number of hydrogen-bond donors (Lipinski definition) is 1. The number of ether oxygens (including phenoxy) is 1. The van der Waals surface area contributed by atoms with Crippen LogP contribution in [-0.2, 0) is 21.1 Å². The van der Waals surface area contributed by atoms with E-state index >= 15 is 0 Å². The van der Waals surface area contributed by atoms with E-state index in [1.54, 1.807) is 0 Å². The molecule has 12 heteroatoms. The van der Waals surface area contributed by atoms with E-state index in [9.17, 15) is 21.6 Å². The third-order valence-electron chi connectivity index (χ3n) is 4.19. The minimum absolute atomic E-state index is 0.0941. The molecule has 1 N–H and O–H groups in total. The largest absolute Gasteiger partial charge is 0.427 e. The van der Waals surface area contributed by atoms with Crippen LogP contribution in [-0.4, -0.2) is 67.4 Å². The molecule has 1 aromatic rings. The topological polar surface area (TPSA) is 74.8 Å². The molecule has 0 aromatic carbocycles. The van der Waals surface area contributed by atoms with Crippen LogP contribution in [0, 0.1) is 0 Å². The Morgan fingerprint density at radius 1 is 1.16 bits per heavy atom. The Morgan fingerprint density at radius 2 is 1.76 bits per heavy atom. The van der Waals surface area contributed by atoms with Gasteiger partial charge in [-0.1, -0.05) is 11.3 Å². The highest BCUT2D eigenvalue weighted by molar-refractivity contribution is 7.86. The highest BCUT2D eigenvalue weighted by Gasteiger charge is 2.35. The molecule has 3 rings (SSSR count). The number of halogens is 3. The number of rotatable bonds is 4. The van der Waals surface area contributed by atoms with Gasteiger partial charge in [-0.05, 0) is 12.8 Å². The number of aromatic nitrogens is 1. The molecule has 2 saturated heterocycles. The fourth-order valence-corrected chi connectivity index (χ4v) is 5.19. The van der Waals surface area contributed by atoms with E-state index in [-0.39, 0.29) is 11.2 Å². The van der Waals surface area contributed by atoms with Gasteiger partial charge >= 0.3 is 6.18 Å². The molecule has 0 radical (unpaired) electrons. The van der Waals surface area contributed by atoms with Crippen LogP contribution >= 0.6 is 11.3 Å². The molecular formula is C13H19F3N4O3S2. The molecule has 0 saturated carbocycles. The third kappa shape index (κ3) is 4.42. The summed E-state index contributed by atoms with van der Waals surface area (Å²) in [6.07, 6.45) is -2.55. The molecular weight excluding hydrogens is 381 g/mol. The number of morpholine rings is 1. The van der Waals surface area contributed by atoms with Crippen molar-refractivity contribution in [1.82, 2.24) is 13.6 Å². The number of alkyl halides is 3. The molecule has 0 bridgehead atoms. The standard InChI is InChI=1S/C13H19F3N4O3S2/c14-13(15,16)11-9-17-12(24-11)18-10-1-3-19(4-2-10)25(21,22)20-5-7-23-8-6-20/h9-10H,1-8H2,(H,17,18). The Kier molecular flexibility index (Phi) is 5.54. The lowest BCUT2D eigenvalue weighted by molar-refractivity contribution is -0.134. The van der Waals surface area contributed by atoms with Crippen LogP contribution in [0.3, 0.4) is 0 Å². The van der Waals surface area contributed by atoms with Crippen molar-refractivity contribution in [3.63, 3.8) is 0 Å². The van der Waals surface area contributed by atoms with E-state index in [0.29, 0.717) is 63.6 Å². The molecule has 2 aliphatic heterocycles. The maximum Gasteiger partial charge on any atom is 0.427 e. The molecule has 0 amide bonds. The average molecular weight is 400 g/mol. The summed E-state index contributed by atoms with van der Waals surface area (Å²) in [6.45, 7) is 2.13. The van der Waals surface area contributed by atoms with Crippen molar-refractivity contribution in [2.24, 2.45) is 0 Å². The molecule has 0 aliphatic carbocycles. The third-order valence-corrected chi connectivity index (χ3v) is 7.20. The lowest BCUT2D eigenvalue weighted by Gasteiger charge is -2.36. The van der Waals surface area contributed by atoms with Crippen LogP contribution < -0.4 is 5.32 Å². The molecule has 2 aliphatic rings. The number of anilines is 1. The van der Waals surface area contributed by atoms with E-state index in [0.717, 1.165) is 6.20 Å². The minimum atomic E-state index is -4.40. The van der Waals surface area contributed by atoms with Crippen molar-refractivity contribution < 1.29 is 26.3 Å². The van der Waals surface area contributed by atoms with Crippen LogP contribution in [0.2, 0.25) is 0 Å². The highest BCUT2D eigenvalue weighted by atomic mass is 32.2. The van der Waals surface area contributed by atoms with Crippen LogP contribution in [0.1, 0.15) is 17.7 Å². The summed E-state index contributed by atoms with van der Waals surface area (Å²) in [6, 6.07) is -0.0941. The normalized spacial score (nSPS) is 22.2. The number of thiazole rings is 1. The van der Waals surface area contributed by atoms with Gasteiger partial charge in [0.1, 0.15) is 4.88 Å². The summed E-state index contributed by atoms with van der Waals surface area (Å²) in [4.78, 5) is 3.00. The van der Waals surface area contributed by atoms with Crippen molar-refractivity contribution in [3.05, 3.63) is 11.1 Å². The molecule has 25 heavy (non-hydrogen) atoms. The zero-order chi connectivity index (χ0) is 18.1. The maximum absolute atomic E-state index is 12.6. The van der Waals surface area contributed by atoms with Gasteiger partial charge in [-0.3, -0.25) is 0 Å². The first kappa shape index (κ1) is 18.8. The van der Waals surface area contributed by atoms with Crippen molar-refractivity contribution in [2.45, 2.75) is 25.1 Å². The van der Waals surface area contributed by atoms with E-state index in [4.69, 9.17) is 4.74 Å². The minimum Gasteiger partial charge on any atom is -0.379 e. The van der Waals surface area contributed by atoms with Gasteiger partial charge in [-0.15, -0.1) is 0 Å². The van der Waals surface area contributed by atoms with Crippen molar-refractivity contribution >= 4 is 26.7 Å². The lowest BCUT2D eigenvalue weighted by atomic mass is 10.1. The van der Waals surface area contributed by atoms with E-state index in [2.05, 4.69) is 10.3 Å². The van der Waals surface area contributed by atoms with E-state index in [1.165, 1.54) is 8.61 Å². The summed E-state index contributed by atoms with van der Waals surface area (Å²) in [5.74, 6) is 0. The molecule has 0 atom stereocenters. The molecule has 2 fully saturated rings. The maximum atomic E-state index is 12.6. The van der Waals surface area contributed by atoms with Gasteiger partial charge in [-0.25, -0.2) is 4.98 Å². The quantitative estimate of drug-likeness (QED) is 0.831. The Balaban J connectivity index is 1.54. The molecule has 142 valence electrons. The second kappa shape index (κ2) is 7.35. The van der Waals surface area contributed by atoms with E-state index in [1.807, 2.05) is 0 Å². The second-order valence-corrected chi connectivity index (χ2v) is 8.82. The highest BCUT2D eigenvalue weighted by Crippen LogP contribution is 2.35. The van der Waals surface area contributed by atoms with Crippen molar-refractivity contribution in [2.75, 3.05) is 44.7 Å². The molecule has 0 unspecified atom stereocenters. The zero-order valence-corrected chi connectivity index (χ0v) is 15.0. The SMILES string of the molecule is O=S(=O)(N1CCOCC1)N1CCC(Nc2ncc(C(F)(F)F)s2)CC1. The number of piperidine rings is 1. The number of hydrogen-bond acceptors (Lipinski definition) is 6. The van der Waals surface area contributed by atoms with Crippen LogP contribution in [0.25, 0.3) is 0 Å². The van der Waals surface area contributed by atoms with Gasteiger partial charge in [-0.2, -0.15) is 30.2 Å². The Morgan fingerprint density at radius 3 is 2.32 bits per heavy atom. The van der Waals surface area contributed by atoms with Gasteiger partial charge < -0.3 is 10.1 Å². The Labute approximate surface area is 148 Å². The lowest BCUT2D eigenvalue weighted by Crippen LogP contribution is -2.51. The first-order chi connectivity index (χ1) is 11.8. The van der Waals surface area contributed by atoms with Crippen LogP contribution in [0.15, 0.2) is 6.20 Å².